The largest absolute Gasteiger partial charge is 0.352 e. The number of nitrogens with one attached hydrogen (secondary N) is 1. The molecule has 0 spiro atoms. The molecule has 2 saturated heterocycles. The van der Waals surface area contributed by atoms with Gasteiger partial charge in [-0.15, -0.1) is 0 Å². The first-order valence-corrected chi connectivity index (χ1v) is 7.54. The van der Waals surface area contributed by atoms with Crippen LogP contribution >= 0.6 is 0 Å². The molecule has 2 heterocycles. The minimum Gasteiger partial charge on any atom is -0.352 e. The number of rotatable bonds is 2. The zero-order valence-electron chi connectivity index (χ0n) is 11.1. The van der Waals surface area contributed by atoms with Crippen molar-refractivity contribution in [1.29, 1.82) is 0 Å². The fourth-order valence-electron chi connectivity index (χ4n) is 4.02. The number of carbonyl (C=O) groups excluding carboxylic acids is 1. The lowest BCUT2D eigenvalue weighted by Gasteiger charge is -2.28. The molecule has 0 aromatic rings. The molecule has 4 nitrogen and oxygen atoms in total. The predicted octanol–water partition coefficient (Wildman–Crippen LogP) is 0.857. The van der Waals surface area contributed by atoms with E-state index in [9.17, 15) is 4.79 Å². The summed E-state index contributed by atoms with van der Waals surface area (Å²) in [7, 11) is 0. The van der Waals surface area contributed by atoms with Gasteiger partial charge in [-0.05, 0) is 45.1 Å². The zero-order valence-corrected chi connectivity index (χ0v) is 11.1. The Morgan fingerprint density at radius 2 is 2.00 bits per heavy atom. The van der Waals surface area contributed by atoms with Crippen LogP contribution in [0.2, 0.25) is 0 Å². The second-order valence-corrected chi connectivity index (χ2v) is 6.27. The van der Waals surface area contributed by atoms with E-state index >= 15 is 0 Å². The third-order valence-electron chi connectivity index (χ3n) is 5.02. The van der Waals surface area contributed by atoms with Crippen molar-refractivity contribution in [3.63, 3.8) is 0 Å². The van der Waals surface area contributed by atoms with Gasteiger partial charge in [0.1, 0.15) is 0 Å². The van der Waals surface area contributed by atoms with Crippen LogP contribution in [0.3, 0.4) is 0 Å². The number of carbonyl (C=O) groups is 1. The van der Waals surface area contributed by atoms with Crippen LogP contribution in [0.15, 0.2) is 0 Å². The topological polar surface area (TPSA) is 58.4 Å². The van der Waals surface area contributed by atoms with Gasteiger partial charge in [0.25, 0.3) is 0 Å². The van der Waals surface area contributed by atoms with Gasteiger partial charge in [0.05, 0.1) is 0 Å². The standard InChI is InChI=1S/C14H25N3O/c15-11-4-1-3-10(9-11)14(18)16-12-6-8-17-7-2-5-13(12)17/h10-13H,1-9,15H2,(H,16,18). The molecule has 4 atom stereocenters. The summed E-state index contributed by atoms with van der Waals surface area (Å²) in [6.07, 6.45) is 7.80. The summed E-state index contributed by atoms with van der Waals surface area (Å²) in [4.78, 5) is 14.8. The SMILES string of the molecule is NC1CCCC(C(=O)NC2CCN3CCCC23)C1. The molecule has 18 heavy (non-hydrogen) atoms. The molecule has 0 bridgehead atoms. The van der Waals surface area contributed by atoms with Crippen molar-refractivity contribution in [3.8, 4) is 0 Å². The van der Waals surface area contributed by atoms with Gasteiger partial charge >= 0.3 is 0 Å². The highest BCUT2D eigenvalue weighted by atomic mass is 16.2. The summed E-state index contributed by atoms with van der Waals surface area (Å²) in [6, 6.07) is 1.26. The predicted molar refractivity (Wildman–Crippen MR) is 71.1 cm³/mol. The van der Waals surface area contributed by atoms with Crippen molar-refractivity contribution in [3.05, 3.63) is 0 Å². The van der Waals surface area contributed by atoms with Gasteiger partial charge in [-0.3, -0.25) is 9.69 Å². The number of fused-ring (bicyclic) bond motifs is 1. The number of hydrogen-bond donors (Lipinski definition) is 2. The maximum atomic E-state index is 12.3. The van der Waals surface area contributed by atoms with Gasteiger partial charge < -0.3 is 11.1 Å². The minimum absolute atomic E-state index is 0.171. The highest BCUT2D eigenvalue weighted by Crippen LogP contribution is 2.29. The minimum atomic E-state index is 0.171. The molecule has 0 aromatic heterocycles. The molecular weight excluding hydrogens is 226 g/mol. The lowest BCUT2D eigenvalue weighted by Crippen LogP contribution is -2.46. The molecule has 4 unspecified atom stereocenters. The van der Waals surface area contributed by atoms with Crippen LogP contribution in [-0.4, -0.2) is 42.0 Å². The first-order valence-electron chi connectivity index (χ1n) is 7.54. The summed E-state index contributed by atoms with van der Waals surface area (Å²) < 4.78 is 0. The van der Waals surface area contributed by atoms with Crippen molar-refractivity contribution >= 4 is 5.91 Å². The summed E-state index contributed by atoms with van der Waals surface area (Å²) in [6.45, 7) is 2.39. The molecule has 3 fully saturated rings. The fraction of sp³-hybridized carbons (Fsp3) is 0.929. The fourth-order valence-corrected chi connectivity index (χ4v) is 4.02. The van der Waals surface area contributed by atoms with Gasteiger partial charge in [0.2, 0.25) is 5.91 Å². The van der Waals surface area contributed by atoms with Crippen LogP contribution in [0.5, 0.6) is 0 Å². The molecule has 3 N–H and O–H groups in total. The van der Waals surface area contributed by atoms with Crippen LogP contribution in [0.25, 0.3) is 0 Å². The van der Waals surface area contributed by atoms with Gasteiger partial charge in [-0.25, -0.2) is 0 Å². The van der Waals surface area contributed by atoms with Crippen molar-refractivity contribution in [2.24, 2.45) is 11.7 Å². The molecule has 3 aliphatic rings. The first kappa shape index (κ1) is 12.4. The van der Waals surface area contributed by atoms with Crippen molar-refractivity contribution in [2.45, 2.75) is 63.1 Å². The van der Waals surface area contributed by atoms with E-state index in [4.69, 9.17) is 5.73 Å². The van der Waals surface area contributed by atoms with Crippen molar-refractivity contribution in [2.75, 3.05) is 13.1 Å². The maximum Gasteiger partial charge on any atom is 0.223 e. The van der Waals surface area contributed by atoms with Crippen LogP contribution in [0.1, 0.15) is 44.9 Å². The highest BCUT2D eigenvalue weighted by molar-refractivity contribution is 5.79. The van der Waals surface area contributed by atoms with Gasteiger partial charge in [-0.1, -0.05) is 6.42 Å². The molecule has 1 aliphatic carbocycles. The molecule has 4 heteroatoms. The van der Waals surface area contributed by atoms with Gasteiger partial charge in [-0.2, -0.15) is 0 Å². The lowest BCUT2D eigenvalue weighted by atomic mass is 9.85. The molecule has 102 valence electrons. The molecule has 2 aliphatic heterocycles. The number of amides is 1. The summed E-state index contributed by atoms with van der Waals surface area (Å²) >= 11 is 0. The van der Waals surface area contributed by atoms with E-state index in [-0.39, 0.29) is 17.9 Å². The Kier molecular flexibility index (Phi) is 3.57. The Labute approximate surface area is 109 Å². The smallest absolute Gasteiger partial charge is 0.223 e. The van der Waals surface area contributed by atoms with Crippen LogP contribution in [-0.2, 0) is 4.79 Å². The highest BCUT2D eigenvalue weighted by Gasteiger charge is 2.38. The van der Waals surface area contributed by atoms with Gasteiger partial charge in [0.15, 0.2) is 0 Å². The Morgan fingerprint density at radius 3 is 2.83 bits per heavy atom. The molecule has 0 aromatic carbocycles. The summed E-state index contributed by atoms with van der Waals surface area (Å²) in [5.41, 5.74) is 5.97. The van der Waals surface area contributed by atoms with E-state index in [1.807, 2.05) is 0 Å². The third kappa shape index (κ3) is 2.41. The van der Waals surface area contributed by atoms with Crippen molar-refractivity contribution in [1.82, 2.24) is 10.2 Å². The van der Waals surface area contributed by atoms with Crippen LogP contribution in [0, 0.1) is 5.92 Å². The van der Waals surface area contributed by atoms with Crippen molar-refractivity contribution < 1.29 is 4.79 Å². The van der Waals surface area contributed by atoms with E-state index in [1.165, 1.54) is 25.9 Å². The third-order valence-corrected chi connectivity index (χ3v) is 5.02. The molecule has 1 saturated carbocycles. The average Bonchev–Trinajstić information content (AvgIpc) is 2.94. The molecule has 3 rings (SSSR count). The normalized spacial score (nSPS) is 40.7. The van der Waals surface area contributed by atoms with Gasteiger partial charge in [0, 0.05) is 30.6 Å². The zero-order chi connectivity index (χ0) is 12.5. The Bertz CT molecular complexity index is 320. The van der Waals surface area contributed by atoms with E-state index in [0.717, 1.165) is 32.1 Å². The Balaban J connectivity index is 1.54. The first-order chi connectivity index (χ1) is 8.74. The number of nitrogens with zero attached hydrogens (tertiary/aromatic N) is 1. The Hall–Kier alpha value is -0.610. The second kappa shape index (κ2) is 5.17. The number of nitrogens with two attached hydrogens (primary N) is 1. The van der Waals surface area contributed by atoms with Crippen LogP contribution in [0.4, 0.5) is 0 Å². The van der Waals surface area contributed by atoms with E-state index < -0.39 is 0 Å². The monoisotopic (exact) mass is 251 g/mol. The summed E-state index contributed by atoms with van der Waals surface area (Å²) in [5, 5.41) is 3.30. The second-order valence-electron chi connectivity index (χ2n) is 6.27. The van der Waals surface area contributed by atoms with Crippen LogP contribution < -0.4 is 11.1 Å². The quantitative estimate of drug-likeness (QED) is 0.765. The number of hydrogen-bond acceptors (Lipinski definition) is 3. The molecule has 1 amide bonds. The van der Waals surface area contributed by atoms with E-state index in [1.54, 1.807) is 0 Å². The average molecular weight is 251 g/mol. The summed E-state index contributed by atoms with van der Waals surface area (Å²) in [5.74, 6) is 0.438. The Morgan fingerprint density at radius 1 is 1.11 bits per heavy atom. The molecule has 0 radical (unpaired) electrons. The maximum absolute atomic E-state index is 12.3. The molecular formula is C14H25N3O. The lowest BCUT2D eigenvalue weighted by molar-refractivity contribution is -0.127. The van der Waals surface area contributed by atoms with E-state index in [0.29, 0.717) is 12.1 Å². The van der Waals surface area contributed by atoms with E-state index in [2.05, 4.69) is 10.2 Å².